The summed E-state index contributed by atoms with van der Waals surface area (Å²) in [6.45, 7) is -0.0361. The van der Waals surface area contributed by atoms with Gasteiger partial charge in [-0.3, -0.25) is 14.4 Å². The molecule has 3 rings (SSSR count). The average molecular weight is 379 g/mol. The monoisotopic (exact) mass is 379 g/mol. The van der Waals surface area contributed by atoms with Crippen LogP contribution < -0.4 is 10.6 Å². The predicted molar refractivity (Wildman–Crippen MR) is 104 cm³/mol. The Morgan fingerprint density at radius 1 is 0.964 bits per heavy atom. The molecule has 144 valence electrons. The van der Waals surface area contributed by atoms with Crippen molar-refractivity contribution in [2.24, 2.45) is 0 Å². The van der Waals surface area contributed by atoms with E-state index < -0.39 is 0 Å². The zero-order valence-corrected chi connectivity index (χ0v) is 15.5. The zero-order chi connectivity index (χ0) is 19.9. The first kappa shape index (κ1) is 19.2. The van der Waals surface area contributed by atoms with Gasteiger partial charge in [-0.15, -0.1) is 0 Å². The summed E-state index contributed by atoms with van der Waals surface area (Å²) in [5, 5.41) is 7.25. The maximum Gasteiger partial charge on any atom is 0.251 e. The van der Waals surface area contributed by atoms with Crippen molar-refractivity contribution < 1.29 is 18.8 Å². The summed E-state index contributed by atoms with van der Waals surface area (Å²) >= 11 is 0. The molecule has 0 saturated carbocycles. The first-order valence-electron chi connectivity index (χ1n) is 8.83. The van der Waals surface area contributed by atoms with E-state index in [1.165, 1.54) is 18.2 Å². The lowest BCUT2D eigenvalue weighted by Crippen LogP contribution is -2.43. The Morgan fingerprint density at radius 2 is 1.75 bits per heavy atom. The molecule has 7 heteroatoms. The lowest BCUT2D eigenvalue weighted by molar-refractivity contribution is -0.134. The fourth-order valence-corrected chi connectivity index (χ4v) is 2.68. The van der Waals surface area contributed by atoms with Crippen LogP contribution in [0.4, 0.5) is 0 Å². The van der Waals surface area contributed by atoms with Gasteiger partial charge in [0.15, 0.2) is 0 Å². The molecular formula is C21H21N3O4. The van der Waals surface area contributed by atoms with Crippen LogP contribution in [0.15, 0.2) is 65.3 Å². The Kier molecular flexibility index (Phi) is 6.06. The number of rotatable bonds is 7. The second kappa shape index (κ2) is 8.85. The summed E-state index contributed by atoms with van der Waals surface area (Å²) in [5.41, 5.74) is 0.477. The molecule has 0 saturated heterocycles. The lowest BCUT2D eigenvalue weighted by atomic mass is 10.1. The molecule has 0 spiro atoms. The Hall–Kier alpha value is -3.61. The van der Waals surface area contributed by atoms with Crippen LogP contribution in [0.5, 0.6) is 0 Å². The van der Waals surface area contributed by atoms with Crippen molar-refractivity contribution in [2.75, 3.05) is 20.1 Å². The third-order valence-electron chi connectivity index (χ3n) is 4.26. The number of likely N-dealkylation sites (N-methyl/N-ethyl adjacent to an activating group) is 1. The molecule has 3 amide bonds. The summed E-state index contributed by atoms with van der Waals surface area (Å²) in [4.78, 5) is 37.6. The molecule has 0 radical (unpaired) electrons. The topological polar surface area (TPSA) is 91.7 Å². The third kappa shape index (κ3) is 4.97. The fraction of sp³-hybridized carbons (Fsp3) is 0.190. The molecular weight excluding hydrogens is 358 g/mol. The minimum Gasteiger partial charge on any atom is -0.467 e. The van der Waals surface area contributed by atoms with Gasteiger partial charge in [0.25, 0.3) is 5.91 Å². The SMILES string of the molecule is CN(CC(=O)NCc1ccco1)C(=O)CNC(=O)c1ccc2ccccc2c1. The second-order valence-electron chi connectivity index (χ2n) is 6.35. The first-order valence-corrected chi connectivity index (χ1v) is 8.83. The van der Waals surface area contributed by atoms with Gasteiger partial charge >= 0.3 is 0 Å². The smallest absolute Gasteiger partial charge is 0.251 e. The van der Waals surface area contributed by atoms with Gasteiger partial charge in [-0.2, -0.15) is 0 Å². The number of carbonyl (C=O) groups excluding carboxylic acids is 3. The molecule has 0 aliphatic rings. The van der Waals surface area contributed by atoms with Crippen LogP contribution in [0, 0.1) is 0 Å². The number of hydrogen-bond acceptors (Lipinski definition) is 4. The van der Waals surface area contributed by atoms with Crippen molar-refractivity contribution in [1.82, 2.24) is 15.5 Å². The van der Waals surface area contributed by atoms with Crippen molar-refractivity contribution >= 4 is 28.5 Å². The van der Waals surface area contributed by atoms with Gasteiger partial charge in [0.2, 0.25) is 11.8 Å². The van der Waals surface area contributed by atoms with Gasteiger partial charge in [0, 0.05) is 12.6 Å². The number of nitrogens with zero attached hydrogens (tertiary/aromatic N) is 1. The molecule has 0 fully saturated rings. The summed E-state index contributed by atoms with van der Waals surface area (Å²) in [6.07, 6.45) is 1.52. The Balaban J connectivity index is 1.46. The van der Waals surface area contributed by atoms with Gasteiger partial charge in [0.05, 0.1) is 25.9 Å². The summed E-state index contributed by atoms with van der Waals surface area (Å²) in [6, 6.07) is 16.6. The van der Waals surface area contributed by atoms with E-state index in [1.807, 2.05) is 30.3 Å². The van der Waals surface area contributed by atoms with Gasteiger partial charge in [-0.05, 0) is 35.0 Å². The highest BCUT2D eigenvalue weighted by atomic mass is 16.3. The van der Waals surface area contributed by atoms with E-state index in [0.717, 1.165) is 10.8 Å². The van der Waals surface area contributed by atoms with Crippen molar-refractivity contribution in [1.29, 1.82) is 0 Å². The standard InChI is InChI=1S/C21H21N3O4/c1-24(14-19(25)22-12-18-7-4-10-28-18)20(26)13-23-21(27)17-9-8-15-5-2-3-6-16(15)11-17/h2-11H,12-14H2,1H3,(H,22,25)(H,23,27). The molecule has 0 unspecified atom stereocenters. The van der Waals surface area contributed by atoms with Gasteiger partial charge in [-0.1, -0.05) is 30.3 Å². The maximum atomic E-state index is 12.3. The minimum atomic E-state index is -0.359. The van der Waals surface area contributed by atoms with Gasteiger partial charge in [-0.25, -0.2) is 0 Å². The Morgan fingerprint density at radius 3 is 2.50 bits per heavy atom. The van der Waals surface area contributed by atoms with E-state index in [0.29, 0.717) is 11.3 Å². The molecule has 1 aromatic heterocycles. The highest BCUT2D eigenvalue weighted by molar-refractivity contribution is 6.00. The van der Waals surface area contributed by atoms with Crippen molar-refractivity contribution in [2.45, 2.75) is 6.54 Å². The number of furan rings is 1. The number of fused-ring (bicyclic) bond motifs is 1. The van der Waals surface area contributed by atoms with E-state index in [2.05, 4.69) is 10.6 Å². The summed E-state index contributed by atoms with van der Waals surface area (Å²) in [7, 11) is 1.51. The van der Waals surface area contributed by atoms with E-state index in [9.17, 15) is 14.4 Å². The number of hydrogen-bond donors (Lipinski definition) is 2. The van der Waals surface area contributed by atoms with Crippen molar-refractivity contribution in [3.8, 4) is 0 Å². The second-order valence-corrected chi connectivity index (χ2v) is 6.35. The van der Waals surface area contributed by atoms with Gasteiger partial charge in [0.1, 0.15) is 5.76 Å². The van der Waals surface area contributed by atoms with E-state index in [1.54, 1.807) is 24.3 Å². The normalized spacial score (nSPS) is 10.5. The van der Waals surface area contributed by atoms with E-state index in [4.69, 9.17) is 4.42 Å². The molecule has 3 aromatic rings. The van der Waals surface area contributed by atoms with Crippen molar-refractivity contribution in [3.05, 3.63) is 72.2 Å². The molecule has 2 aromatic carbocycles. The highest BCUT2D eigenvalue weighted by Crippen LogP contribution is 2.15. The molecule has 1 heterocycles. The Labute approximate surface area is 162 Å². The molecule has 7 nitrogen and oxygen atoms in total. The number of carbonyl (C=O) groups is 3. The van der Waals surface area contributed by atoms with Crippen LogP contribution in [-0.2, 0) is 16.1 Å². The summed E-state index contributed by atoms with van der Waals surface area (Å²) in [5.74, 6) is -0.379. The lowest BCUT2D eigenvalue weighted by Gasteiger charge is -2.17. The number of nitrogens with one attached hydrogen (secondary N) is 2. The first-order chi connectivity index (χ1) is 13.5. The maximum absolute atomic E-state index is 12.3. The van der Waals surface area contributed by atoms with Crippen molar-refractivity contribution in [3.63, 3.8) is 0 Å². The molecule has 28 heavy (non-hydrogen) atoms. The van der Waals surface area contributed by atoms with Crippen LogP contribution >= 0.6 is 0 Å². The van der Waals surface area contributed by atoms with Crippen LogP contribution in [0.3, 0.4) is 0 Å². The Bertz CT molecular complexity index is 982. The molecule has 0 aliphatic carbocycles. The van der Waals surface area contributed by atoms with Crippen LogP contribution in [0.25, 0.3) is 10.8 Å². The van der Waals surface area contributed by atoms with Crippen LogP contribution in [-0.4, -0.2) is 42.8 Å². The minimum absolute atomic E-state index is 0.106. The third-order valence-corrected chi connectivity index (χ3v) is 4.26. The number of amides is 3. The zero-order valence-electron chi connectivity index (χ0n) is 15.5. The predicted octanol–water partition coefficient (Wildman–Crippen LogP) is 1.94. The van der Waals surface area contributed by atoms with Gasteiger partial charge < -0.3 is 20.0 Å². The highest BCUT2D eigenvalue weighted by Gasteiger charge is 2.15. The van der Waals surface area contributed by atoms with E-state index in [-0.39, 0.29) is 37.4 Å². The molecule has 0 bridgehead atoms. The molecule has 0 aliphatic heterocycles. The summed E-state index contributed by atoms with van der Waals surface area (Å²) < 4.78 is 5.13. The van der Waals surface area contributed by atoms with Crippen LogP contribution in [0.2, 0.25) is 0 Å². The van der Waals surface area contributed by atoms with Crippen LogP contribution in [0.1, 0.15) is 16.1 Å². The molecule has 2 N–H and O–H groups in total. The molecule has 0 atom stereocenters. The average Bonchev–Trinajstić information content (AvgIpc) is 3.23. The number of benzene rings is 2. The van der Waals surface area contributed by atoms with E-state index >= 15 is 0 Å². The quantitative estimate of drug-likeness (QED) is 0.656. The fourth-order valence-electron chi connectivity index (χ4n) is 2.68. The largest absolute Gasteiger partial charge is 0.467 e.